The van der Waals surface area contributed by atoms with Crippen LogP contribution in [0.5, 0.6) is 0 Å². The quantitative estimate of drug-likeness (QED) is 0.399. The Balaban J connectivity index is 1.53. The second kappa shape index (κ2) is 7.31. The van der Waals surface area contributed by atoms with E-state index in [9.17, 15) is 12.8 Å². The van der Waals surface area contributed by atoms with Crippen molar-refractivity contribution in [1.82, 2.24) is 24.7 Å². The second-order valence-electron chi connectivity index (χ2n) is 7.90. The Bertz CT molecular complexity index is 1580. The molecule has 10 heteroatoms. The standard InChI is InChI=1S/C23H16FN5O3S/c24-16-5-3-14(4-6-16)21-19(10-29(28-21)17-11-33(30,31)12-17)22-18-8-20(15-2-1-7-25-9-15)32-23(18)27-13-26-22/h1-10,13,17H,11-12H2. The van der Waals surface area contributed by atoms with Crippen molar-refractivity contribution in [1.29, 1.82) is 0 Å². The summed E-state index contributed by atoms with van der Waals surface area (Å²) < 4.78 is 44.6. The van der Waals surface area contributed by atoms with Crippen LogP contribution in [-0.2, 0) is 9.84 Å². The van der Waals surface area contributed by atoms with Crippen molar-refractivity contribution in [3.8, 4) is 33.8 Å². The lowest BCUT2D eigenvalue weighted by Gasteiger charge is -2.25. The van der Waals surface area contributed by atoms with Crippen LogP contribution in [0.3, 0.4) is 0 Å². The first-order valence-electron chi connectivity index (χ1n) is 10.2. The molecule has 0 amide bonds. The highest BCUT2D eigenvalue weighted by Gasteiger charge is 2.36. The first kappa shape index (κ1) is 19.7. The normalized spacial score (nSPS) is 15.5. The fraction of sp³-hybridized carbons (Fsp3) is 0.130. The van der Waals surface area contributed by atoms with E-state index in [1.54, 1.807) is 35.4 Å². The van der Waals surface area contributed by atoms with E-state index in [-0.39, 0.29) is 23.4 Å². The number of aromatic nitrogens is 5. The summed E-state index contributed by atoms with van der Waals surface area (Å²) in [5, 5.41) is 5.36. The van der Waals surface area contributed by atoms with Crippen molar-refractivity contribution in [3.05, 3.63) is 73.2 Å². The fourth-order valence-corrected chi connectivity index (χ4v) is 5.36. The van der Waals surface area contributed by atoms with E-state index in [4.69, 9.17) is 4.42 Å². The van der Waals surface area contributed by atoms with Crippen molar-refractivity contribution in [2.75, 3.05) is 11.5 Å². The number of fused-ring (bicyclic) bond motifs is 1. The highest BCUT2D eigenvalue weighted by molar-refractivity contribution is 7.92. The SMILES string of the molecule is O=S1(=O)CC(n2cc(-c3ncnc4oc(-c5cccnc5)cc34)c(-c3ccc(F)cc3)n2)C1. The number of hydrogen-bond donors (Lipinski definition) is 0. The van der Waals surface area contributed by atoms with Gasteiger partial charge in [0.1, 0.15) is 23.6 Å². The summed E-state index contributed by atoms with van der Waals surface area (Å²) >= 11 is 0. The van der Waals surface area contributed by atoms with Crippen LogP contribution in [-0.4, -0.2) is 44.7 Å². The van der Waals surface area contributed by atoms with Crippen LogP contribution in [0.4, 0.5) is 4.39 Å². The molecule has 8 nitrogen and oxygen atoms in total. The lowest BCUT2D eigenvalue weighted by Crippen LogP contribution is -2.38. The van der Waals surface area contributed by atoms with Gasteiger partial charge >= 0.3 is 0 Å². The molecule has 0 atom stereocenters. The Labute approximate surface area is 187 Å². The third-order valence-electron chi connectivity index (χ3n) is 5.65. The first-order chi connectivity index (χ1) is 16.0. The van der Waals surface area contributed by atoms with E-state index in [0.29, 0.717) is 39.4 Å². The molecule has 0 spiro atoms. The van der Waals surface area contributed by atoms with E-state index in [0.717, 1.165) is 5.56 Å². The van der Waals surface area contributed by atoms with Gasteiger partial charge in [0.2, 0.25) is 5.71 Å². The highest BCUT2D eigenvalue weighted by atomic mass is 32.2. The molecule has 1 aliphatic heterocycles. The van der Waals surface area contributed by atoms with E-state index in [1.807, 2.05) is 18.2 Å². The topological polar surface area (TPSA) is 104 Å². The molecule has 0 N–H and O–H groups in total. The molecule has 164 valence electrons. The number of hydrogen-bond acceptors (Lipinski definition) is 7. The average molecular weight is 461 g/mol. The summed E-state index contributed by atoms with van der Waals surface area (Å²) in [5.41, 5.74) is 3.74. The molecule has 6 rings (SSSR count). The molecule has 0 saturated carbocycles. The summed E-state index contributed by atoms with van der Waals surface area (Å²) in [6.45, 7) is 0. The number of furan rings is 1. The van der Waals surface area contributed by atoms with Gasteiger partial charge in [0.05, 0.1) is 28.6 Å². The van der Waals surface area contributed by atoms with E-state index in [1.165, 1.54) is 18.5 Å². The van der Waals surface area contributed by atoms with Crippen LogP contribution in [0, 0.1) is 5.82 Å². The van der Waals surface area contributed by atoms with Gasteiger partial charge < -0.3 is 4.42 Å². The number of halogens is 1. The lowest BCUT2D eigenvalue weighted by atomic mass is 10.0. The fourth-order valence-electron chi connectivity index (χ4n) is 3.98. The Kier molecular flexibility index (Phi) is 4.37. The van der Waals surface area contributed by atoms with Gasteiger partial charge in [0, 0.05) is 35.3 Å². The Hall–Kier alpha value is -3.92. The van der Waals surface area contributed by atoms with Crippen LogP contribution in [0.15, 0.2) is 71.8 Å². The summed E-state index contributed by atoms with van der Waals surface area (Å²) in [7, 11) is -3.04. The number of nitrogens with zero attached hydrogens (tertiary/aromatic N) is 5. The number of rotatable bonds is 4. The molecule has 33 heavy (non-hydrogen) atoms. The van der Waals surface area contributed by atoms with Gasteiger partial charge in [-0.2, -0.15) is 5.10 Å². The van der Waals surface area contributed by atoms with Crippen LogP contribution in [0.25, 0.3) is 44.9 Å². The van der Waals surface area contributed by atoms with Crippen molar-refractivity contribution < 1.29 is 17.2 Å². The van der Waals surface area contributed by atoms with Crippen molar-refractivity contribution >= 4 is 20.9 Å². The van der Waals surface area contributed by atoms with Gasteiger partial charge in [-0.25, -0.2) is 22.8 Å². The van der Waals surface area contributed by atoms with Gasteiger partial charge in [-0.1, -0.05) is 0 Å². The summed E-state index contributed by atoms with van der Waals surface area (Å²) in [5.74, 6) is 0.311. The summed E-state index contributed by atoms with van der Waals surface area (Å²) in [6, 6.07) is 11.3. The predicted molar refractivity (Wildman–Crippen MR) is 119 cm³/mol. The molecule has 5 aromatic rings. The third kappa shape index (κ3) is 3.48. The molecule has 5 heterocycles. The molecular formula is C23H16FN5O3S. The Morgan fingerprint density at radius 2 is 1.85 bits per heavy atom. The smallest absolute Gasteiger partial charge is 0.230 e. The number of benzene rings is 1. The van der Waals surface area contributed by atoms with E-state index >= 15 is 0 Å². The Morgan fingerprint density at radius 1 is 1.03 bits per heavy atom. The molecule has 0 unspecified atom stereocenters. The van der Waals surface area contributed by atoms with Gasteiger partial charge in [-0.05, 0) is 42.5 Å². The van der Waals surface area contributed by atoms with Crippen LogP contribution >= 0.6 is 0 Å². The van der Waals surface area contributed by atoms with Crippen LogP contribution in [0.2, 0.25) is 0 Å². The summed E-state index contributed by atoms with van der Waals surface area (Å²) in [4.78, 5) is 12.9. The van der Waals surface area contributed by atoms with Crippen molar-refractivity contribution in [2.45, 2.75) is 6.04 Å². The van der Waals surface area contributed by atoms with Gasteiger partial charge in [-0.15, -0.1) is 0 Å². The number of sulfone groups is 1. The zero-order valence-corrected chi connectivity index (χ0v) is 17.9. The van der Waals surface area contributed by atoms with E-state index in [2.05, 4.69) is 20.1 Å². The maximum Gasteiger partial charge on any atom is 0.230 e. The summed E-state index contributed by atoms with van der Waals surface area (Å²) in [6.07, 6.45) is 6.58. The molecule has 1 fully saturated rings. The maximum absolute atomic E-state index is 13.6. The molecule has 0 bridgehead atoms. The molecule has 1 aliphatic rings. The second-order valence-corrected chi connectivity index (χ2v) is 10.1. The monoisotopic (exact) mass is 461 g/mol. The predicted octanol–water partition coefficient (Wildman–Crippen LogP) is 3.92. The molecule has 1 saturated heterocycles. The lowest BCUT2D eigenvalue weighted by molar-refractivity contribution is 0.474. The first-order valence-corrected chi connectivity index (χ1v) is 12.0. The van der Waals surface area contributed by atoms with Crippen LogP contribution < -0.4 is 0 Å². The minimum absolute atomic E-state index is 0.0347. The molecular weight excluding hydrogens is 445 g/mol. The maximum atomic E-state index is 13.6. The van der Waals surface area contributed by atoms with Gasteiger partial charge in [0.15, 0.2) is 9.84 Å². The van der Waals surface area contributed by atoms with E-state index < -0.39 is 9.84 Å². The molecule has 1 aromatic carbocycles. The minimum atomic E-state index is -3.04. The Morgan fingerprint density at radius 3 is 2.58 bits per heavy atom. The minimum Gasteiger partial charge on any atom is -0.438 e. The zero-order valence-electron chi connectivity index (χ0n) is 17.1. The third-order valence-corrected chi connectivity index (χ3v) is 7.43. The zero-order chi connectivity index (χ0) is 22.6. The highest BCUT2D eigenvalue weighted by Crippen LogP contribution is 2.38. The molecule has 0 aliphatic carbocycles. The molecule has 4 aromatic heterocycles. The van der Waals surface area contributed by atoms with Gasteiger partial charge in [0.25, 0.3) is 0 Å². The average Bonchev–Trinajstić information content (AvgIpc) is 3.43. The number of pyridine rings is 1. The van der Waals surface area contributed by atoms with Crippen LogP contribution in [0.1, 0.15) is 6.04 Å². The van der Waals surface area contributed by atoms with Crippen molar-refractivity contribution in [3.63, 3.8) is 0 Å². The largest absolute Gasteiger partial charge is 0.438 e. The van der Waals surface area contributed by atoms with Gasteiger partial charge in [-0.3, -0.25) is 9.67 Å². The van der Waals surface area contributed by atoms with Crippen molar-refractivity contribution in [2.24, 2.45) is 0 Å². The molecule has 0 radical (unpaired) electrons.